The smallest absolute Gasteiger partial charge is 0.191 e. The van der Waals surface area contributed by atoms with E-state index in [1.165, 1.54) is 12.8 Å². The standard InChI is InChI=1S/C10H16N4OS/c11-5-9-12-13-10(14(9)7-1-2-7)16-8-3-4-15-6-8/h7-8H,1-6,11H2. The Bertz CT molecular complexity index is 371. The molecular formula is C10H16N4OS. The van der Waals surface area contributed by atoms with Gasteiger partial charge in [-0.25, -0.2) is 0 Å². The van der Waals surface area contributed by atoms with E-state index in [2.05, 4.69) is 14.8 Å². The quantitative estimate of drug-likeness (QED) is 0.849. The van der Waals surface area contributed by atoms with Gasteiger partial charge in [-0.15, -0.1) is 10.2 Å². The predicted molar refractivity (Wildman–Crippen MR) is 61.3 cm³/mol. The highest BCUT2D eigenvalue weighted by Gasteiger charge is 2.30. The fourth-order valence-corrected chi connectivity index (χ4v) is 3.11. The number of ether oxygens (including phenoxy) is 1. The maximum absolute atomic E-state index is 5.68. The Hall–Kier alpha value is -0.590. The molecule has 1 saturated heterocycles. The van der Waals surface area contributed by atoms with E-state index in [-0.39, 0.29) is 0 Å². The van der Waals surface area contributed by atoms with E-state index in [1.54, 1.807) is 11.8 Å². The first kappa shape index (κ1) is 10.6. The normalized spacial score (nSPS) is 25.2. The summed E-state index contributed by atoms with van der Waals surface area (Å²) in [5.41, 5.74) is 5.68. The third kappa shape index (κ3) is 1.97. The van der Waals surface area contributed by atoms with Crippen LogP contribution >= 0.6 is 11.8 Å². The molecule has 0 radical (unpaired) electrons. The van der Waals surface area contributed by atoms with E-state index >= 15 is 0 Å². The van der Waals surface area contributed by atoms with Crippen LogP contribution in [0.5, 0.6) is 0 Å². The van der Waals surface area contributed by atoms with Crippen molar-refractivity contribution in [1.29, 1.82) is 0 Å². The number of nitrogens with zero attached hydrogens (tertiary/aromatic N) is 3. The SMILES string of the molecule is NCc1nnc(SC2CCOC2)n1C1CC1. The van der Waals surface area contributed by atoms with Crippen LogP contribution in [0.15, 0.2) is 5.16 Å². The van der Waals surface area contributed by atoms with Crippen molar-refractivity contribution in [3.63, 3.8) is 0 Å². The molecule has 2 heterocycles. The van der Waals surface area contributed by atoms with Gasteiger partial charge in [-0.1, -0.05) is 11.8 Å². The second kappa shape index (κ2) is 4.35. The van der Waals surface area contributed by atoms with E-state index in [1.807, 2.05) is 0 Å². The molecule has 2 N–H and O–H groups in total. The largest absolute Gasteiger partial charge is 0.380 e. The molecule has 5 nitrogen and oxygen atoms in total. The summed E-state index contributed by atoms with van der Waals surface area (Å²) in [4.78, 5) is 0. The molecule has 0 bridgehead atoms. The van der Waals surface area contributed by atoms with Crippen molar-refractivity contribution in [3.05, 3.63) is 5.82 Å². The molecule has 2 aliphatic rings. The molecule has 1 atom stereocenters. The van der Waals surface area contributed by atoms with E-state index < -0.39 is 0 Å². The molecule has 3 rings (SSSR count). The summed E-state index contributed by atoms with van der Waals surface area (Å²) in [5.74, 6) is 0.920. The Morgan fingerprint density at radius 3 is 2.88 bits per heavy atom. The number of rotatable bonds is 4. The van der Waals surface area contributed by atoms with E-state index in [9.17, 15) is 0 Å². The van der Waals surface area contributed by atoms with Gasteiger partial charge in [-0.3, -0.25) is 0 Å². The van der Waals surface area contributed by atoms with Crippen molar-refractivity contribution in [2.24, 2.45) is 5.73 Å². The molecule has 1 unspecified atom stereocenters. The van der Waals surface area contributed by atoms with Crippen molar-refractivity contribution < 1.29 is 4.74 Å². The fourth-order valence-electron chi connectivity index (χ4n) is 1.98. The third-order valence-corrected chi connectivity index (χ3v) is 4.18. The summed E-state index contributed by atoms with van der Waals surface area (Å²) < 4.78 is 7.60. The van der Waals surface area contributed by atoms with Crippen LogP contribution in [0.4, 0.5) is 0 Å². The van der Waals surface area contributed by atoms with E-state index in [0.717, 1.165) is 30.6 Å². The lowest BCUT2D eigenvalue weighted by molar-refractivity contribution is 0.199. The number of thioether (sulfide) groups is 1. The summed E-state index contributed by atoms with van der Waals surface area (Å²) in [6.07, 6.45) is 3.58. The molecule has 1 aliphatic heterocycles. The molecule has 2 fully saturated rings. The van der Waals surface area contributed by atoms with Gasteiger partial charge in [-0.2, -0.15) is 0 Å². The van der Waals surface area contributed by atoms with Crippen LogP contribution in [0.2, 0.25) is 0 Å². The Morgan fingerprint density at radius 1 is 1.38 bits per heavy atom. The van der Waals surface area contributed by atoms with Crippen LogP contribution < -0.4 is 5.73 Å². The maximum atomic E-state index is 5.68. The monoisotopic (exact) mass is 240 g/mol. The molecule has 0 spiro atoms. The summed E-state index contributed by atoms with van der Waals surface area (Å²) in [6.45, 7) is 2.18. The van der Waals surface area contributed by atoms with Crippen LogP contribution in [0.25, 0.3) is 0 Å². The first-order valence-corrected chi connectivity index (χ1v) is 6.64. The molecule has 1 aliphatic carbocycles. The van der Waals surface area contributed by atoms with Gasteiger partial charge in [0.05, 0.1) is 13.2 Å². The molecule has 1 saturated carbocycles. The Labute approximate surface area is 98.7 Å². The number of hydrogen-bond acceptors (Lipinski definition) is 5. The molecule has 1 aromatic rings. The van der Waals surface area contributed by atoms with Crippen LogP contribution in [-0.2, 0) is 11.3 Å². The summed E-state index contributed by atoms with van der Waals surface area (Å²) in [7, 11) is 0. The number of aromatic nitrogens is 3. The van der Waals surface area contributed by atoms with E-state index in [4.69, 9.17) is 10.5 Å². The topological polar surface area (TPSA) is 66.0 Å². The lowest BCUT2D eigenvalue weighted by Crippen LogP contribution is -2.09. The number of hydrogen-bond donors (Lipinski definition) is 1. The molecule has 1 aromatic heterocycles. The summed E-state index contributed by atoms with van der Waals surface area (Å²) in [6, 6.07) is 0.596. The van der Waals surface area contributed by atoms with Gasteiger partial charge < -0.3 is 15.0 Å². The average Bonchev–Trinajstić information content (AvgIpc) is 2.86. The van der Waals surface area contributed by atoms with E-state index in [0.29, 0.717) is 17.8 Å². The van der Waals surface area contributed by atoms with Crippen LogP contribution in [0, 0.1) is 0 Å². The average molecular weight is 240 g/mol. The minimum atomic E-state index is 0.477. The van der Waals surface area contributed by atoms with Gasteiger partial charge in [0.15, 0.2) is 5.16 Å². The van der Waals surface area contributed by atoms with Gasteiger partial charge in [-0.05, 0) is 19.3 Å². The predicted octanol–water partition coefficient (Wildman–Crippen LogP) is 0.953. The molecule has 0 amide bonds. The van der Waals surface area contributed by atoms with Gasteiger partial charge in [0.25, 0.3) is 0 Å². The molecule has 88 valence electrons. The molecule has 6 heteroatoms. The van der Waals surface area contributed by atoms with Crippen LogP contribution in [0.1, 0.15) is 31.1 Å². The van der Waals surface area contributed by atoms with Crippen molar-refractivity contribution in [2.45, 2.75) is 42.3 Å². The zero-order valence-electron chi connectivity index (χ0n) is 9.13. The second-order valence-electron chi connectivity index (χ2n) is 4.31. The minimum Gasteiger partial charge on any atom is -0.380 e. The Morgan fingerprint density at radius 2 is 2.25 bits per heavy atom. The highest BCUT2D eigenvalue weighted by molar-refractivity contribution is 7.99. The molecule has 0 aromatic carbocycles. The lowest BCUT2D eigenvalue weighted by Gasteiger charge is -2.09. The number of nitrogens with two attached hydrogens (primary N) is 1. The van der Waals surface area contributed by atoms with Crippen LogP contribution in [-0.4, -0.2) is 33.2 Å². The molecular weight excluding hydrogens is 224 g/mol. The van der Waals surface area contributed by atoms with Crippen LogP contribution in [0.3, 0.4) is 0 Å². The highest BCUT2D eigenvalue weighted by Crippen LogP contribution is 2.40. The van der Waals surface area contributed by atoms with Crippen molar-refractivity contribution in [2.75, 3.05) is 13.2 Å². The van der Waals surface area contributed by atoms with Gasteiger partial charge in [0.1, 0.15) is 5.82 Å². The van der Waals surface area contributed by atoms with Crippen molar-refractivity contribution in [3.8, 4) is 0 Å². The molecule has 16 heavy (non-hydrogen) atoms. The first-order chi connectivity index (χ1) is 7.88. The second-order valence-corrected chi connectivity index (χ2v) is 5.58. The zero-order valence-corrected chi connectivity index (χ0v) is 9.95. The Balaban J connectivity index is 1.79. The fraction of sp³-hybridized carbons (Fsp3) is 0.800. The van der Waals surface area contributed by atoms with Gasteiger partial charge in [0.2, 0.25) is 0 Å². The maximum Gasteiger partial charge on any atom is 0.191 e. The lowest BCUT2D eigenvalue weighted by atomic mass is 10.4. The van der Waals surface area contributed by atoms with Gasteiger partial charge >= 0.3 is 0 Å². The van der Waals surface area contributed by atoms with Gasteiger partial charge in [0, 0.05) is 17.9 Å². The minimum absolute atomic E-state index is 0.477. The Kier molecular flexibility index (Phi) is 2.87. The van der Waals surface area contributed by atoms with Crippen molar-refractivity contribution >= 4 is 11.8 Å². The zero-order chi connectivity index (χ0) is 11.0. The summed E-state index contributed by atoms with van der Waals surface area (Å²) in [5, 5.41) is 9.98. The summed E-state index contributed by atoms with van der Waals surface area (Å²) >= 11 is 1.79. The first-order valence-electron chi connectivity index (χ1n) is 5.76. The highest BCUT2D eigenvalue weighted by atomic mass is 32.2. The third-order valence-electron chi connectivity index (χ3n) is 2.99. The van der Waals surface area contributed by atoms with Crippen molar-refractivity contribution in [1.82, 2.24) is 14.8 Å².